The molecule has 0 aliphatic carbocycles. The standard InChI is InChI=1S/C13H7Br2ClFNO/c14-8-5-9(15)13(18-6-8)11(19)4-7-2-1-3-10(16)12(7)17/h1-3,5-6H,4H2. The lowest BCUT2D eigenvalue weighted by atomic mass is 10.1. The second-order valence-corrected chi connectivity index (χ2v) is 5.97. The number of aromatic nitrogens is 1. The van der Waals surface area contributed by atoms with Crippen LogP contribution in [-0.2, 0) is 6.42 Å². The van der Waals surface area contributed by atoms with E-state index in [-0.39, 0.29) is 28.5 Å². The van der Waals surface area contributed by atoms with Gasteiger partial charge in [0.2, 0.25) is 0 Å². The molecule has 0 saturated heterocycles. The maximum atomic E-state index is 13.7. The smallest absolute Gasteiger partial charge is 0.186 e. The topological polar surface area (TPSA) is 30.0 Å². The molecule has 2 aromatic rings. The van der Waals surface area contributed by atoms with Crippen molar-refractivity contribution in [1.82, 2.24) is 4.98 Å². The number of nitrogens with zero attached hydrogens (tertiary/aromatic N) is 1. The first kappa shape index (κ1) is 14.6. The van der Waals surface area contributed by atoms with Crippen molar-refractivity contribution in [2.45, 2.75) is 6.42 Å². The van der Waals surface area contributed by atoms with Crippen LogP contribution in [0.15, 0.2) is 39.4 Å². The van der Waals surface area contributed by atoms with Gasteiger partial charge in [-0.1, -0.05) is 23.7 Å². The largest absolute Gasteiger partial charge is 0.292 e. The Balaban J connectivity index is 2.28. The minimum Gasteiger partial charge on any atom is -0.292 e. The van der Waals surface area contributed by atoms with Crippen molar-refractivity contribution >= 4 is 49.2 Å². The van der Waals surface area contributed by atoms with E-state index in [1.54, 1.807) is 12.1 Å². The number of halogens is 4. The van der Waals surface area contributed by atoms with Crippen molar-refractivity contribution in [3.8, 4) is 0 Å². The highest BCUT2D eigenvalue weighted by atomic mass is 79.9. The van der Waals surface area contributed by atoms with Crippen LogP contribution in [-0.4, -0.2) is 10.8 Å². The predicted molar refractivity (Wildman–Crippen MR) is 79.1 cm³/mol. The zero-order valence-corrected chi connectivity index (χ0v) is 13.4. The highest BCUT2D eigenvalue weighted by molar-refractivity contribution is 9.11. The first-order chi connectivity index (χ1) is 8.99. The Morgan fingerprint density at radius 3 is 2.79 bits per heavy atom. The van der Waals surface area contributed by atoms with Gasteiger partial charge in [0, 0.05) is 21.6 Å². The molecule has 0 aliphatic heterocycles. The number of benzene rings is 1. The fraction of sp³-hybridized carbons (Fsp3) is 0.0769. The molecule has 2 nitrogen and oxygen atoms in total. The maximum Gasteiger partial charge on any atom is 0.186 e. The molecule has 1 heterocycles. The van der Waals surface area contributed by atoms with Crippen LogP contribution in [0.4, 0.5) is 4.39 Å². The molecule has 0 spiro atoms. The molecule has 0 amide bonds. The lowest BCUT2D eigenvalue weighted by Gasteiger charge is -2.05. The summed E-state index contributed by atoms with van der Waals surface area (Å²) >= 11 is 12.2. The first-order valence-electron chi connectivity index (χ1n) is 5.26. The summed E-state index contributed by atoms with van der Waals surface area (Å²) in [5.41, 5.74) is 0.525. The zero-order chi connectivity index (χ0) is 14.0. The van der Waals surface area contributed by atoms with Gasteiger partial charge >= 0.3 is 0 Å². The second-order valence-electron chi connectivity index (χ2n) is 3.80. The summed E-state index contributed by atoms with van der Waals surface area (Å²) in [5.74, 6) is -0.841. The quantitative estimate of drug-likeness (QED) is 0.683. The van der Waals surface area contributed by atoms with Gasteiger partial charge in [-0.05, 0) is 49.6 Å². The minimum atomic E-state index is -0.564. The fourth-order valence-electron chi connectivity index (χ4n) is 1.56. The summed E-state index contributed by atoms with van der Waals surface area (Å²) in [7, 11) is 0. The third-order valence-electron chi connectivity index (χ3n) is 2.45. The van der Waals surface area contributed by atoms with Crippen LogP contribution < -0.4 is 0 Å². The Hall–Kier alpha value is -0.780. The van der Waals surface area contributed by atoms with Crippen molar-refractivity contribution in [2.75, 3.05) is 0 Å². The summed E-state index contributed by atoms with van der Waals surface area (Å²) < 4.78 is 15.0. The van der Waals surface area contributed by atoms with Crippen molar-refractivity contribution in [1.29, 1.82) is 0 Å². The molecule has 0 saturated carbocycles. The predicted octanol–water partition coefficient (Wildman–Crippen LogP) is 4.82. The molecule has 0 bridgehead atoms. The van der Waals surface area contributed by atoms with Gasteiger partial charge in [0.25, 0.3) is 0 Å². The number of rotatable bonds is 3. The van der Waals surface area contributed by atoms with E-state index in [0.29, 0.717) is 4.47 Å². The molecule has 0 N–H and O–H groups in total. The molecule has 19 heavy (non-hydrogen) atoms. The van der Waals surface area contributed by atoms with Crippen LogP contribution in [0.25, 0.3) is 0 Å². The summed E-state index contributed by atoms with van der Waals surface area (Å²) in [6, 6.07) is 6.30. The second kappa shape index (κ2) is 6.11. The van der Waals surface area contributed by atoms with Crippen molar-refractivity contribution in [2.24, 2.45) is 0 Å². The molecular formula is C13H7Br2ClFNO. The molecular weight excluding hydrogens is 400 g/mol. The van der Waals surface area contributed by atoms with Crippen LogP contribution in [0.1, 0.15) is 16.1 Å². The molecule has 0 radical (unpaired) electrons. The van der Waals surface area contributed by atoms with E-state index in [2.05, 4.69) is 36.8 Å². The number of carbonyl (C=O) groups excluding carboxylic acids is 1. The Morgan fingerprint density at radius 2 is 2.11 bits per heavy atom. The molecule has 0 fully saturated rings. The minimum absolute atomic E-state index is 0.00753. The number of pyridine rings is 1. The van der Waals surface area contributed by atoms with E-state index in [4.69, 9.17) is 11.6 Å². The van der Waals surface area contributed by atoms with Gasteiger partial charge in [0.05, 0.1) is 5.02 Å². The Bertz CT molecular complexity index is 649. The van der Waals surface area contributed by atoms with Gasteiger partial charge in [0.1, 0.15) is 11.5 Å². The van der Waals surface area contributed by atoms with E-state index in [0.717, 1.165) is 4.47 Å². The van der Waals surface area contributed by atoms with Crippen molar-refractivity contribution in [3.05, 3.63) is 61.5 Å². The maximum absolute atomic E-state index is 13.7. The van der Waals surface area contributed by atoms with Gasteiger partial charge in [-0.3, -0.25) is 9.78 Å². The van der Waals surface area contributed by atoms with Gasteiger partial charge in [-0.15, -0.1) is 0 Å². The van der Waals surface area contributed by atoms with Crippen LogP contribution in [0.5, 0.6) is 0 Å². The normalized spacial score (nSPS) is 10.5. The van der Waals surface area contributed by atoms with Gasteiger partial charge in [0.15, 0.2) is 5.78 Å². The van der Waals surface area contributed by atoms with Crippen LogP contribution in [0.2, 0.25) is 5.02 Å². The van der Waals surface area contributed by atoms with Crippen molar-refractivity contribution < 1.29 is 9.18 Å². The summed E-state index contributed by atoms with van der Waals surface area (Å²) in [5, 5.41) is 0.00753. The number of Topliss-reactive ketones (excluding diaryl/α,β-unsaturated/α-hetero) is 1. The van der Waals surface area contributed by atoms with Crippen LogP contribution in [0.3, 0.4) is 0 Å². The van der Waals surface area contributed by atoms with Gasteiger partial charge < -0.3 is 0 Å². The lowest BCUT2D eigenvalue weighted by Crippen LogP contribution is -2.08. The van der Waals surface area contributed by atoms with E-state index < -0.39 is 5.82 Å². The summed E-state index contributed by atoms with van der Waals surface area (Å²) in [6.45, 7) is 0. The number of ketones is 1. The van der Waals surface area contributed by atoms with Gasteiger partial charge in [-0.25, -0.2) is 4.39 Å². The summed E-state index contributed by atoms with van der Waals surface area (Å²) in [4.78, 5) is 16.1. The third kappa shape index (κ3) is 3.41. The average Bonchev–Trinajstić information content (AvgIpc) is 2.34. The first-order valence-corrected chi connectivity index (χ1v) is 7.22. The third-order valence-corrected chi connectivity index (χ3v) is 3.78. The SMILES string of the molecule is O=C(Cc1cccc(Cl)c1F)c1ncc(Br)cc1Br. The van der Waals surface area contributed by atoms with Crippen LogP contribution in [0, 0.1) is 5.82 Å². The Labute approximate surface area is 131 Å². The Kier molecular flexibility index (Phi) is 4.71. The molecule has 1 aromatic carbocycles. The fourth-order valence-corrected chi connectivity index (χ4v) is 2.96. The zero-order valence-electron chi connectivity index (χ0n) is 9.46. The van der Waals surface area contributed by atoms with E-state index >= 15 is 0 Å². The van der Waals surface area contributed by atoms with E-state index in [1.165, 1.54) is 18.3 Å². The van der Waals surface area contributed by atoms with E-state index in [1.807, 2.05) is 0 Å². The molecule has 1 aromatic heterocycles. The monoisotopic (exact) mass is 405 g/mol. The van der Waals surface area contributed by atoms with Gasteiger partial charge in [-0.2, -0.15) is 0 Å². The number of carbonyl (C=O) groups is 1. The summed E-state index contributed by atoms with van der Waals surface area (Å²) in [6.07, 6.45) is 1.44. The molecule has 2 rings (SSSR count). The highest BCUT2D eigenvalue weighted by Crippen LogP contribution is 2.23. The molecule has 0 unspecified atom stereocenters. The molecule has 0 aliphatic rings. The number of hydrogen-bond donors (Lipinski definition) is 0. The average molecular weight is 407 g/mol. The highest BCUT2D eigenvalue weighted by Gasteiger charge is 2.16. The molecule has 0 atom stereocenters. The van der Waals surface area contributed by atoms with Crippen LogP contribution >= 0.6 is 43.5 Å². The molecule has 6 heteroatoms. The number of hydrogen-bond acceptors (Lipinski definition) is 2. The van der Waals surface area contributed by atoms with E-state index in [9.17, 15) is 9.18 Å². The van der Waals surface area contributed by atoms with Crippen molar-refractivity contribution in [3.63, 3.8) is 0 Å². The lowest BCUT2D eigenvalue weighted by molar-refractivity contribution is 0.0986. The Morgan fingerprint density at radius 1 is 1.37 bits per heavy atom. The molecule has 98 valence electrons.